The molecule has 0 unspecified atom stereocenters. The molecular weight excluding hydrogens is 386 g/mol. The van der Waals surface area contributed by atoms with Gasteiger partial charge in [-0.25, -0.2) is 13.4 Å². The smallest absolute Gasteiger partial charge is 0.252 e. The molecule has 1 fully saturated rings. The van der Waals surface area contributed by atoms with E-state index in [0.29, 0.717) is 36.3 Å². The van der Waals surface area contributed by atoms with Crippen LogP contribution in [0, 0.1) is 0 Å². The van der Waals surface area contributed by atoms with Gasteiger partial charge in [0.1, 0.15) is 16.4 Å². The number of aromatic nitrogens is 3. The van der Waals surface area contributed by atoms with E-state index in [1.807, 2.05) is 13.1 Å². The van der Waals surface area contributed by atoms with E-state index in [4.69, 9.17) is 0 Å². The zero-order valence-electron chi connectivity index (χ0n) is 15.6. The monoisotopic (exact) mass is 411 g/mol. The molecule has 1 saturated heterocycles. The van der Waals surface area contributed by atoms with Crippen molar-refractivity contribution in [2.24, 2.45) is 12.0 Å². The van der Waals surface area contributed by atoms with Crippen LogP contribution >= 0.6 is 11.3 Å². The second-order valence-electron chi connectivity index (χ2n) is 6.26. The number of thiophene rings is 1. The predicted molar refractivity (Wildman–Crippen MR) is 105 cm³/mol. The van der Waals surface area contributed by atoms with Gasteiger partial charge >= 0.3 is 0 Å². The predicted octanol–water partition coefficient (Wildman–Crippen LogP) is 0.916. The van der Waals surface area contributed by atoms with E-state index < -0.39 is 10.0 Å². The van der Waals surface area contributed by atoms with Crippen LogP contribution < -0.4 is 10.6 Å². The Morgan fingerprint density at radius 3 is 2.63 bits per heavy atom. The topological polar surface area (TPSA) is 105 Å². The summed E-state index contributed by atoms with van der Waals surface area (Å²) in [6, 6.07) is 3.55. The van der Waals surface area contributed by atoms with Crippen LogP contribution in [0.15, 0.2) is 27.7 Å². The highest BCUT2D eigenvalue weighted by Gasteiger charge is 2.27. The summed E-state index contributed by atoms with van der Waals surface area (Å²) in [4.78, 5) is 9.27. The first-order valence-electron chi connectivity index (χ1n) is 8.87. The Bertz CT molecular complexity index is 882. The fourth-order valence-electron chi connectivity index (χ4n) is 2.86. The third kappa shape index (κ3) is 4.85. The van der Waals surface area contributed by atoms with Gasteiger partial charge in [-0.1, -0.05) is 6.42 Å². The minimum atomic E-state index is -3.37. The number of aryl methyl sites for hydroxylation is 1. The zero-order chi connectivity index (χ0) is 19.3. The van der Waals surface area contributed by atoms with Crippen LogP contribution in [0.25, 0.3) is 0 Å². The highest BCUT2D eigenvalue weighted by Crippen LogP contribution is 2.26. The third-order valence-corrected chi connectivity index (χ3v) is 7.87. The van der Waals surface area contributed by atoms with Crippen molar-refractivity contribution in [3.63, 3.8) is 0 Å². The summed E-state index contributed by atoms with van der Waals surface area (Å²) in [6.45, 7) is 2.23. The summed E-state index contributed by atoms with van der Waals surface area (Å²) in [5, 5.41) is 10.4. The molecular formula is C16H25N7O2S2. The van der Waals surface area contributed by atoms with Gasteiger partial charge in [0, 0.05) is 32.1 Å². The minimum absolute atomic E-state index is 0.406. The van der Waals surface area contributed by atoms with Crippen molar-refractivity contribution < 1.29 is 8.42 Å². The molecule has 27 heavy (non-hydrogen) atoms. The van der Waals surface area contributed by atoms with Crippen molar-refractivity contribution in [3.8, 4) is 0 Å². The fraction of sp³-hybridized carbons (Fsp3) is 0.562. The highest BCUT2D eigenvalue weighted by atomic mass is 32.2. The summed E-state index contributed by atoms with van der Waals surface area (Å²) >= 11 is 1.30. The number of hydrogen-bond acceptors (Lipinski definition) is 6. The lowest BCUT2D eigenvalue weighted by atomic mass is 10.2. The Kier molecular flexibility index (Phi) is 6.45. The van der Waals surface area contributed by atoms with Gasteiger partial charge in [-0.05, 0) is 25.0 Å². The van der Waals surface area contributed by atoms with Gasteiger partial charge in [0.05, 0.1) is 13.1 Å². The van der Waals surface area contributed by atoms with Crippen molar-refractivity contribution in [3.05, 3.63) is 29.2 Å². The van der Waals surface area contributed by atoms with Gasteiger partial charge in [0.2, 0.25) is 0 Å². The molecule has 0 radical (unpaired) electrons. The standard InChI is InChI=1S/C16H25N7O2S2/c1-17-16(19-11-14-20-12-21-22(14)2)18-10-13-6-7-15(26-13)27(24,25)23-8-4-3-5-9-23/h6-7,12H,3-5,8-11H2,1-2H3,(H2,17,18,19). The molecule has 1 aliphatic heterocycles. The molecule has 0 aliphatic carbocycles. The number of nitrogens with zero attached hydrogens (tertiary/aromatic N) is 5. The van der Waals surface area contributed by atoms with E-state index in [1.54, 1.807) is 22.1 Å². The quantitative estimate of drug-likeness (QED) is 0.541. The maximum atomic E-state index is 12.7. The van der Waals surface area contributed by atoms with Crippen LogP contribution in [0.2, 0.25) is 0 Å². The summed E-state index contributed by atoms with van der Waals surface area (Å²) in [5.41, 5.74) is 0. The number of piperidine rings is 1. The largest absolute Gasteiger partial charge is 0.352 e. The van der Waals surface area contributed by atoms with Gasteiger partial charge in [0.15, 0.2) is 5.96 Å². The van der Waals surface area contributed by atoms with Crippen LogP contribution in [-0.2, 0) is 30.2 Å². The number of hydrogen-bond donors (Lipinski definition) is 2. The van der Waals surface area contributed by atoms with Crippen molar-refractivity contribution in [2.75, 3.05) is 20.1 Å². The SMILES string of the molecule is CN=C(NCc1ccc(S(=O)(=O)N2CCCCC2)s1)NCc1ncnn1C. The summed E-state index contributed by atoms with van der Waals surface area (Å²) in [6.07, 6.45) is 4.48. The number of aliphatic imine (C=N–C) groups is 1. The van der Waals surface area contributed by atoms with Crippen molar-refractivity contribution in [2.45, 2.75) is 36.6 Å². The lowest BCUT2D eigenvalue weighted by molar-refractivity contribution is 0.347. The molecule has 2 aromatic rings. The Morgan fingerprint density at radius 2 is 1.96 bits per heavy atom. The zero-order valence-corrected chi connectivity index (χ0v) is 17.2. The van der Waals surface area contributed by atoms with E-state index in [2.05, 4.69) is 25.7 Å². The molecule has 2 N–H and O–H groups in total. The first kappa shape index (κ1) is 19.8. The lowest BCUT2D eigenvalue weighted by Gasteiger charge is -2.25. The molecule has 2 aromatic heterocycles. The first-order valence-corrected chi connectivity index (χ1v) is 11.1. The van der Waals surface area contributed by atoms with Crippen LogP contribution in [0.5, 0.6) is 0 Å². The fourth-order valence-corrected chi connectivity index (χ4v) is 5.83. The summed E-state index contributed by atoms with van der Waals surface area (Å²) in [7, 11) is 0.147. The van der Waals surface area contributed by atoms with Crippen molar-refractivity contribution in [1.29, 1.82) is 0 Å². The Morgan fingerprint density at radius 1 is 1.22 bits per heavy atom. The first-order chi connectivity index (χ1) is 13.0. The molecule has 11 heteroatoms. The molecule has 0 saturated carbocycles. The maximum absolute atomic E-state index is 12.7. The van der Waals surface area contributed by atoms with Gasteiger partial charge in [0.25, 0.3) is 10.0 Å². The van der Waals surface area contributed by atoms with E-state index in [0.717, 1.165) is 30.0 Å². The third-order valence-electron chi connectivity index (χ3n) is 4.42. The number of nitrogens with one attached hydrogen (secondary N) is 2. The van der Waals surface area contributed by atoms with E-state index in [9.17, 15) is 8.42 Å². The average Bonchev–Trinajstić information content (AvgIpc) is 3.32. The molecule has 3 heterocycles. The van der Waals surface area contributed by atoms with Crippen molar-refractivity contribution in [1.82, 2.24) is 29.7 Å². The normalized spacial score (nSPS) is 16.4. The van der Waals surface area contributed by atoms with E-state index in [-0.39, 0.29) is 0 Å². The molecule has 0 atom stereocenters. The highest BCUT2D eigenvalue weighted by molar-refractivity contribution is 7.91. The second-order valence-corrected chi connectivity index (χ2v) is 9.60. The number of sulfonamides is 1. The van der Waals surface area contributed by atoms with Crippen molar-refractivity contribution >= 4 is 27.3 Å². The van der Waals surface area contributed by atoms with Crippen LogP contribution in [0.3, 0.4) is 0 Å². The van der Waals surface area contributed by atoms with E-state index in [1.165, 1.54) is 17.7 Å². The minimum Gasteiger partial charge on any atom is -0.352 e. The Labute approximate surface area is 163 Å². The van der Waals surface area contributed by atoms with Gasteiger partial charge in [-0.3, -0.25) is 9.67 Å². The molecule has 148 valence electrons. The Balaban J connectivity index is 1.56. The van der Waals surface area contributed by atoms with Gasteiger partial charge < -0.3 is 10.6 Å². The molecule has 0 aromatic carbocycles. The molecule has 9 nitrogen and oxygen atoms in total. The molecule has 3 rings (SSSR count). The molecule has 0 spiro atoms. The summed E-state index contributed by atoms with van der Waals surface area (Å²) in [5.74, 6) is 1.41. The second kappa shape index (κ2) is 8.81. The van der Waals surface area contributed by atoms with Crippen LogP contribution in [0.4, 0.5) is 0 Å². The van der Waals surface area contributed by atoms with Crippen LogP contribution in [-0.4, -0.2) is 53.6 Å². The molecule has 1 aliphatic rings. The van der Waals surface area contributed by atoms with Crippen LogP contribution in [0.1, 0.15) is 30.0 Å². The van der Waals surface area contributed by atoms with Gasteiger partial charge in [-0.15, -0.1) is 11.3 Å². The Hall–Kier alpha value is -1.98. The number of rotatable bonds is 6. The lowest BCUT2D eigenvalue weighted by Crippen LogP contribution is -2.36. The maximum Gasteiger partial charge on any atom is 0.252 e. The number of guanidine groups is 1. The van der Waals surface area contributed by atoms with Gasteiger partial charge in [-0.2, -0.15) is 9.40 Å². The molecule has 0 bridgehead atoms. The molecule has 0 amide bonds. The van der Waals surface area contributed by atoms with E-state index >= 15 is 0 Å². The summed E-state index contributed by atoms with van der Waals surface area (Å²) < 4.78 is 29.1. The average molecular weight is 412 g/mol.